The molecule has 0 bridgehead atoms. The maximum atomic E-state index is 10.8. The summed E-state index contributed by atoms with van der Waals surface area (Å²) in [5.41, 5.74) is 5.67. The molecule has 1 saturated heterocycles. The molecule has 1 aromatic heterocycles. The molecule has 6 heteroatoms. The van der Waals surface area contributed by atoms with Gasteiger partial charge in [-0.3, -0.25) is 9.69 Å². The van der Waals surface area contributed by atoms with Gasteiger partial charge in [0.2, 0.25) is 0 Å². The van der Waals surface area contributed by atoms with E-state index >= 15 is 0 Å². The SMILES string of the molecule is CC1(C)CCC(C)(C)c2c(-c3csc(N4CCN(CCC(=O)O)CC4)n3)cccc21. The van der Waals surface area contributed by atoms with Gasteiger partial charge in [-0.15, -0.1) is 11.3 Å². The summed E-state index contributed by atoms with van der Waals surface area (Å²) in [5, 5.41) is 12.2. The van der Waals surface area contributed by atoms with Gasteiger partial charge in [0.05, 0.1) is 12.1 Å². The Bertz CT molecular complexity index is 926. The fourth-order valence-corrected chi connectivity index (χ4v) is 5.77. The number of benzene rings is 1. The van der Waals surface area contributed by atoms with E-state index in [1.165, 1.54) is 29.5 Å². The van der Waals surface area contributed by atoms with E-state index in [9.17, 15) is 4.79 Å². The number of carboxylic acid groups (broad SMARTS) is 1. The normalized spacial score (nSPS) is 20.7. The number of hydrogen-bond acceptors (Lipinski definition) is 5. The van der Waals surface area contributed by atoms with Crippen molar-refractivity contribution >= 4 is 22.4 Å². The van der Waals surface area contributed by atoms with E-state index < -0.39 is 5.97 Å². The summed E-state index contributed by atoms with van der Waals surface area (Å²) in [5.74, 6) is -0.723. The van der Waals surface area contributed by atoms with Crippen molar-refractivity contribution in [2.75, 3.05) is 37.6 Å². The Balaban J connectivity index is 1.55. The van der Waals surface area contributed by atoms with Crippen LogP contribution in [0.15, 0.2) is 23.6 Å². The third-order valence-electron chi connectivity index (χ3n) is 6.90. The molecule has 1 aliphatic heterocycles. The minimum Gasteiger partial charge on any atom is -0.481 e. The van der Waals surface area contributed by atoms with Crippen LogP contribution in [0.1, 0.15) is 58.1 Å². The lowest BCUT2D eigenvalue weighted by Gasteiger charge is -2.42. The van der Waals surface area contributed by atoms with Crippen LogP contribution in [0.2, 0.25) is 0 Å². The highest BCUT2D eigenvalue weighted by Gasteiger charge is 2.39. The second-order valence-electron chi connectivity index (χ2n) is 9.98. The van der Waals surface area contributed by atoms with Crippen molar-refractivity contribution < 1.29 is 9.90 Å². The summed E-state index contributed by atoms with van der Waals surface area (Å²) < 4.78 is 0. The molecule has 30 heavy (non-hydrogen) atoms. The lowest BCUT2D eigenvalue weighted by Crippen LogP contribution is -2.46. The average Bonchev–Trinajstić information content (AvgIpc) is 3.20. The molecular formula is C24H33N3O2S. The van der Waals surface area contributed by atoms with Gasteiger partial charge in [0, 0.05) is 43.7 Å². The van der Waals surface area contributed by atoms with Crippen LogP contribution < -0.4 is 4.90 Å². The highest BCUT2D eigenvalue weighted by atomic mass is 32.1. The molecule has 0 amide bonds. The van der Waals surface area contributed by atoms with Gasteiger partial charge in [0.1, 0.15) is 0 Å². The molecule has 1 aromatic carbocycles. The first-order valence-electron chi connectivity index (χ1n) is 11.0. The van der Waals surface area contributed by atoms with Crippen molar-refractivity contribution in [3.63, 3.8) is 0 Å². The molecule has 4 rings (SSSR count). The largest absolute Gasteiger partial charge is 0.481 e. The molecule has 2 aliphatic rings. The highest BCUT2D eigenvalue weighted by molar-refractivity contribution is 7.14. The fraction of sp³-hybridized carbons (Fsp3) is 0.583. The smallest absolute Gasteiger partial charge is 0.304 e. The molecule has 0 saturated carbocycles. The first-order chi connectivity index (χ1) is 14.2. The quantitative estimate of drug-likeness (QED) is 0.746. The first-order valence-corrected chi connectivity index (χ1v) is 11.8. The summed E-state index contributed by atoms with van der Waals surface area (Å²) in [4.78, 5) is 20.4. The fourth-order valence-electron chi connectivity index (χ4n) is 4.89. The summed E-state index contributed by atoms with van der Waals surface area (Å²) in [6.07, 6.45) is 2.62. The lowest BCUT2D eigenvalue weighted by molar-refractivity contribution is -0.137. The van der Waals surface area contributed by atoms with Gasteiger partial charge < -0.3 is 10.0 Å². The van der Waals surface area contributed by atoms with Gasteiger partial charge in [0.25, 0.3) is 0 Å². The maximum absolute atomic E-state index is 10.8. The van der Waals surface area contributed by atoms with Crippen molar-refractivity contribution in [1.82, 2.24) is 9.88 Å². The van der Waals surface area contributed by atoms with Gasteiger partial charge in [-0.1, -0.05) is 45.9 Å². The van der Waals surface area contributed by atoms with E-state index in [-0.39, 0.29) is 17.3 Å². The molecule has 0 spiro atoms. The number of fused-ring (bicyclic) bond motifs is 1. The third-order valence-corrected chi connectivity index (χ3v) is 7.80. The van der Waals surface area contributed by atoms with E-state index in [0.29, 0.717) is 6.54 Å². The Morgan fingerprint density at radius 2 is 1.80 bits per heavy atom. The van der Waals surface area contributed by atoms with Crippen LogP contribution in [0.25, 0.3) is 11.3 Å². The third kappa shape index (κ3) is 4.12. The number of anilines is 1. The molecule has 1 N–H and O–H groups in total. The van der Waals surface area contributed by atoms with Crippen molar-refractivity contribution in [1.29, 1.82) is 0 Å². The number of aromatic nitrogens is 1. The minimum absolute atomic E-state index is 0.154. The van der Waals surface area contributed by atoms with Crippen LogP contribution in [0.5, 0.6) is 0 Å². The Morgan fingerprint density at radius 3 is 2.50 bits per heavy atom. The average molecular weight is 428 g/mol. The Hall–Kier alpha value is -1.92. The zero-order valence-electron chi connectivity index (χ0n) is 18.6. The summed E-state index contributed by atoms with van der Waals surface area (Å²) in [6, 6.07) is 6.74. The van der Waals surface area contributed by atoms with Gasteiger partial charge in [-0.25, -0.2) is 4.98 Å². The zero-order chi connectivity index (χ0) is 21.5. The molecular weight excluding hydrogens is 394 g/mol. The van der Waals surface area contributed by atoms with Crippen molar-refractivity contribution in [2.24, 2.45) is 0 Å². The summed E-state index contributed by atoms with van der Waals surface area (Å²) >= 11 is 1.72. The molecule has 0 unspecified atom stereocenters. The van der Waals surface area contributed by atoms with E-state index in [2.05, 4.69) is 61.1 Å². The molecule has 2 heterocycles. The maximum Gasteiger partial charge on any atom is 0.304 e. The van der Waals surface area contributed by atoms with Gasteiger partial charge >= 0.3 is 5.97 Å². The van der Waals surface area contributed by atoms with Crippen LogP contribution >= 0.6 is 11.3 Å². The molecule has 2 aromatic rings. The number of carbonyl (C=O) groups is 1. The Morgan fingerprint density at radius 1 is 1.10 bits per heavy atom. The van der Waals surface area contributed by atoms with Crippen molar-refractivity contribution in [2.45, 2.75) is 57.8 Å². The molecule has 0 radical (unpaired) electrons. The molecule has 162 valence electrons. The van der Waals surface area contributed by atoms with Crippen molar-refractivity contribution in [3.8, 4) is 11.3 Å². The predicted octanol–water partition coefficient (Wildman–Crippen LogP) is 4.76. The van der Waals surface area contributed by atoms with Crippen LogP contribution in [0, 0.1) is 0 Å². The number of aliphatic carboxylic acids is 1. The minimum atomic E-state index is -0.723. The number of hydrogen-bond donors (Lipinski definition) is 1. The predicted molar refractivity (Wildman–Crippen MR) is 124 cm³/mol. The molecule has 0 atom stereocenters. The summed E-state index contributed by atoms with van der Waals surface area (Å²) in [6.45, 7) is 13.7. The number of nitrogens with zero attached hydrogens (tertiary/aromatic N) is 3. The zero-order valence-corrected chi connectivity index (χ0v) is 19.4. The van der Waals surface area contributed by atoms with Crippen LogP contribution in [-0.4, -0.2) is 53.7 Å². The van der Waals surface area contributed by atoms with E-state index in [0.717, 1.165) is 37.0 Å². The summed E-state index contributed by atoms with van der Waals surface area (Å²) in [7, 11) is 0. The monoisotopic (exact) mass is 427 g/mol. The van der Waals surface area contributed by atoms with Gasteiger partial charge in [-0.2, -0.15) is 0 Å². The molecule has 5 nitrogen and oxygen atoms in total. The lowest BCUT2D eigenvalue weighted by atomic mass is 9.62. The number of carboxylic acids is 1. The van der Waals surface area contributed by atoms with Crippen LogP contribution in [0.3, 0.4) is 0 Å². The van der Waals surface area contributed by atoms with Crippen molar-refractivity contribution in [3.05, 3.63) is 34.7 Å². The molecule has 1 aliphatic carbocycles. The van der Waals surface area contributed by atoms with Crippen LogP contribution in [-0.2, 0) is 15.6 Å². The van der Waals surface area contributed by atoms with Gasteiger partial charge in [-0.05, 0) is 34.8 Å². The highest BCUT2D eigenvalue weighted by Crippen LogP contribution is 2.49. The standard InChI is InChI=1S/C24H33N3O2S/c1-23(2)9-10-24(3,4)21-17(6-5-7-18(21)23)19-16-30-22(25-19)27-14-12-26(13-15-27)11-8-20(28)29/h5-7,16H,8-15H2,1-4H3,(H,28,29). The van der Waals surface area contributed by atoms with E-state index in [1.54, 1.807) is 11.3 Å². The number of thiazole rings is 1. The molecule has 1 fully saturated rings. The first kappa shape index (κ1) is 21.3. The second-order valence-corrected chi connectivity index (χ2v) is 10.8. The second kappa shape index (κ2) is 7.97. The Labute approximate surface area is 183 Å². The van der Waals surface area contributed by atoms with E-state index in [1.807, 2.05) is 0 Å². The number of rotatable bonds is 5. The van der Waals surface area contributed by atoms with Gasteiger partial charge in [0.15, 0.2) is 5.13 Å². The number of piperazine rings is 1. The van der Waals surface area contributed by atoms with E-state index in [4.69, 9.17) is 10.1 Å². The topological polar surface area (TPSA) is 56.7 Å². The van der Waals surface area contributed by atoms with Crippen LogP contribution in [0.4, 0.5) is 5.13 Å². The Kier molecular flexibility index (Phi) is 5.66.